The maximum atomic E-state index is 13.0. The molecule has 2 aromatic carbocycles. The zero-order valence-corrected chi connectivity index (χ0v) is 15.4. The number of benzene rings is 2. The van der Waals surface area contributed by atoms with Crippen LogP contribution in [0.2, 0.25) is 0 Å². The molecule has 6 nitrogen and oxygen atoms in total. The summed E-state index contributed by atoms with van der Waals surface area (Å²) in [5.41, 5.74) is 6.49. The maximum Gasteiger partial charge on any atom is 0.573 e. The van der Waals surface area contributed by atoms with Crippen molar-refractivity contribution < 1.29 is 27.0 Å². The Balaban J connectivity index is 1.65. The predicted octanol–water partition coefficient (Wildman–Crippen LogP) is 4.84. The molecule has 0 aliphatic heterocycles. The normalized spacial score (nSPS) is 11.8. The van der Waals surface area contributed by atoms with Crippen LogP contribution in [0.15, 0.2) is 71.9 Å². The van der Waals surface area contributed by atoms with Gasteiger partial charge in [0.05, 0.1) is 12.2 Å². The van der Waals surface area contributed by atoms with E-state index in [1.807, 2.05) is 0 Å². The van der Waals surface area contributed by atoms with Crippen LogP contribution in [0.1, 0.15) is 5.56 Å². The van der Waals surface area contributed by atoms with E-state index in [1.54, 1.807) is 12.1 Å². The van der Waals surface area contributed by atoms with E-state index in [0.717, 1.165) is 6.07 Å². The molecule has 0 aliphatic carbocycles. The number of hydrogen-bond acceptors (Lipinski definition) is 4. The molecule has 0 radical (unpaired) electrons. The smallest absolute Gasteiger partial charge is 0.439 e. The van der Waals surface area contributed by atoms with Crippen molar-refractivity contribution in [1.82, 2.24) is 4.98 Å². The van der Waals surface area contributed by atoms with Crippen LogP contribution < -0.4 is 20.5 Å². The third-order valence-corrected chi connectivity index (χ3v) is 3.64. The largest absolute Gasteiger partial charge is 0.573 e. The molecule has 0 spiro atoms. The van der Waals surface area contributed by atoms with Crippen molar-refractivity contribution in [3.63, 3.8) is 0 Å². The van der Waals surface area contributed by atoms with Gasteiger partial charge in [-0.2, -0.15) is 0 Å². The van der Waals surface area contributed by atoms with Crippen molar-refractivity contribution in [1.29, 1.82) is 0 Å². The minimum Gasteiger partial charge on any atom is -0.439 e. The summed E-state index contributed by atoms with van der Waals surface area (Å²) in [7, 11) is 0. The number of halogens is 4. The Bertz CT molecular complexity index is 1020. The van der Waals surface area contributed by atoms with Crippen LogP contribution >= 0.6 is 0 Å². The molecule has 156 valence electrons. The van der Waals surface area contributed by atoms with E-state index in [1.165, 1.54) is 48.7 Å². The Kier molecular flexibility index (Phi) is 6.35. The molecule has 0 aliphatic rings. The molecule has 3 rings (SSSR count). The van der Waals surface area contributed by atoms with E-state index in [0.29, 0.717) is 11.3 Å². The molecule has 30 heavy (non-hydrogen) atoms. The Morgan fingerprint density at radius 3 is 2.53 bits per heavy atom. The fourth-order valence-corrected chi connectivity index (χ4v) is 2.37. The Hall–Kier alpha value is -3.82. The molecule has 0 atom stereocenters. The summed E-state index contributed by atoms with van der Waals surface area (Å²) in [5.74, 6) is -0.242. The number of ether oxygens (including phenoxy) is 2. The fraction of sp³-hybridized carbons (Fsp3) is 0.100. The Labute approximate surface area is 169 Å². The Morgan fingerprint density at radius 2 is 1.80 bits per heavy atom. The summed E-state index contributed by atoms with van der Waals surface area (Å²) in [6, 6.07) is 14.2. The molecule has 10 heteroatoms. The molecule has 0 saturated carbocycles. The average molecular weight is 420 g/mol. The number of anilines is 1. The number of nitrogens with one attached hydrogen (secondary N) is 1. The first-order chi connectivity index (χ1) is 14.3. The first-order valence-electron chi connectivity index (χ1n) is 8.58. The van der Waals surface area contributed by atoms with Gasteiger partial charge in [-0.15, -0.1) is 13.2 Å². The lowest BCUT2D eigenvalue weighted by atomic mass is 10.2. The molecule has 0 fully saturated rings. The van der Waals surface area contributed by atoms with Gasteiger partial charge in [0.25, 0.3) is 0 Å². The van der Waals surface area contributed by atoms with Crippen LogP contribution in [0, 0.1) is 5.82 Å². The number of para-hydroxylation sites is 2. The van der Waals surface area contributed by atoms with E-state index in [2.05, 4.69) is 20.0 Å². The third kappa shape index (κ3) is 6.36. The van der Waals surface area contributed by atoms with Gasteiger partial charge in [0.15, 0.2) is 11.7 Å². The van der Waals surface area contributed by atoms with Crippen LogP contribution in [0.4, 0.5) is 23.2 Å². The monoisotopic (exact) mass is 420 g/mol. The van der Waals surface area contributed by atoms with E-state index >= 15 is 0 Å². The summed E-state index contributed by atoms with van der Waals surface area (Å²) >= 11 is 0. The van der Waals surface area contributed by atoms with Crippen LogP contribution in [0.25, 0.3) is 0 Å². The number of nitrogens with two attached hydrogens (primary N) is 1. The molecule has 3 aromatic rings. The van der Waals surface area contributed by atoms with Crippen molar-refractivity contribution in [2.75, 3.05) is 5.32 Å². The third-order valence-electron chi connectivity index (χ3n) is 3.64. The second-order valence-corrected chi connectivity index (χ2v) is 5.93. The molecule has 0 saturated heterocycles. The number of guanidine groups is 1. The van der Waals surface area contributed by atoms with Crippen molar-refractivity contribution in [2.45, 2.75) is 12.9 Å². The number of hydrogen-bond donors (Lipinski definition) is 2. The van der Waals surface area contributed by atoms with Gasteiger partial charge in [-0.1, -0.05) is 12.1 Å². The SMILES string of the molecule is NC(=NCc1ccnc(Oc2ccc(F)cc2)c1)Nc1ccccc1OC(F)(F)F. The molecule has 1 aromatic heterocycles. The lowest BCUT2D eigenvalue weighted by Gasteiger charge is -2.14. The summed E-state index contributed by atoms with van der Waals surface area (Å²) in [6.07, 6.45) is -3.33. The molecule has 3 N–H and O–H groups in total. The number of aliphatic imine (C=N–C) groups is 1. The highest BCUT2D eigenvalue weighted by molar-refractivity contribution is 5.93. The number of alkyl halides is 3. The van der Waals surface area contributed by atoms with Crippen molar-refractivity contribution in [3.8, 4) is 17.4 Å². The summed E-state index contributed by atoms with van der Waals surface area (Å²) in [5, 5.41) is 2.58. The second-order valence-electron chi connectivity index (χ2n) is 5.93. The van der Waals surface area contributed by atoms with Gasteiger partial charge < -0.3 is 20.5 Å². The van der Waals surface area contributed by atoms with Gasteiger partial charge >= 0.3 is 6.36 Å². The quantitative estimate of drug-likeness (QED) is 0.339. The molecular weight excluding hydrogens is 404 g/mol. The van der Waals surface area contributed by atoms with Crippen LogP contribution in [0.5, 0.6) is 17.4 Å². The van der Waals surface area contributed by atoms with Crippen LogP contribution in [0.3, 0.4) is 0 Å². The highest BCUT2D eigenvalue weighted by atomic mass is 19.4. The molecule has 0 unspecified atom stereocenters. The Morgan fingerprint density at radius 1 is 1.07 bits per heavy atom. The maximum absolute atomic E-state index is 13.0. The van der Waals surface area contributed by atoms with E-state index < -0.39 is 12.1 Å². The predicted molar refractivity (Wildman–Crippen MR) is 103 cm³/mol. The van der Waals surface area contributed by atoms with Crippen molar-refractivity contribution in [2.24, 2.45) is 10.7 Å². The minimum absolute atomic E-state index is 0.0196. The van der Waals surface area contributed by atoms with Gasteiger partial charge in [-0.3, -0.25) is 0 Å². The van der Waals surface area contributed by atoms with Crippen LogP contribution in [-0.4, -0.2) is 17.3 Å². The number of nitrogens with zero attached hydrogens (tertiary/aromatic N) is 2. The van der Waals surface area contributed by atoms with Gasteiger partial charge in [0.1, 0.15) is 11.6 Å². The molecule has 1 heterocycles. The number of pyridine rings is 1. The lowest BCUT2D eigenvalue weighted by Crippen LogP contribution is -2.24. The van der Waals surface area contributed by atoms with Crippen molar-refractivity contribution in [3.05, 3.63) is 78.2 Å². The highest BCUT2D eigenvalue weighted by Gasteiger charge is 2.32. The summed E-state index contributed by atoms with van der Waals surface area (Å²) in [4.78, 5) is 8.16. The summed E-state index contributed by atoms with van der Waals surface area (Å²) in [6.45, 7) is 0.115. The lowest BCUT2D eigenvalue weighted by molar-refractivity contribution is -0.274. The number of rotatable bonds is 6. The number of aromatic nitrogens is 1. The molecule has 0 amide bonds. The van der Waals surface area contributed by atoms with E-state index in [-0.39, 0.29) is 29.9 Å². The van der Waals surface area contributed by atoms with E-state index in [9.17, 15) is 17.6 Å². The standard InChI is InChI=1S/C20H16F4N4O2/c21-14-5-7-15(8-6-14)29-18-11-13(9-10-26-18)12-27-19(25)28-16-3-1-2-4-17(16)30-20(22,23)24/h1-11H,12H2,(H3,25,27,28). The molecule has 0 bridgehead atoms. The molecular formula is C20H16F4N4O2. The summed E-state index contributed by atoms with van der Waals surface area (Å²) < 4.78 is 59.9. The van der Waals surface area contributed by atoms with Gasteiger partial charge in [0, 0.05) is 12.3 Å². The highest BCUT2D eigenvalue weighted by Crippen LogP contribution is 2.29. The fourth-order valence-electron chi connectivity index (χ4n) is 2.37. The zero-order valence-electron chi connectivity index (χ0n) is 15.4. The van der Waals surface area contributed by atoms with Gasteiger partial charge in [-0.25, -0.2) is 14.4 Å². The van der Waals surface area contributed by atoms with Crippen LogP contribution in [-0.2, 0) is 6.54 Å². The first-order valence-corrected chi connectivity index (χ1v) is 8.58. The van der Waals surface area contributed by atoms with Gasteiger partial charge in [-0.05, 0) is 48.0 Å². The topological polar surface area (TPSA) is 81.8 Å². The minimum atomic E-state index is -4.83. The van der Waals surface area contributed by atoms with Crippen molar-refractivity contribution >= 4 is 11.6 Å². The second kappa shape index (κ2) is 9.12. The zero-order chi connectivity index (χ0) is 21.6. The van der Waals surface area contributed by atoms with Gasteiger partial charge in [0.2, 0.25) is 5.88 Å². The average Bonchev–Trinajstić information content (AvgIpc) is 2.69. The van der Waals surface area contributed by atoms with E-state index in [4.69, 9.17) is 10.5 Å². The first kappa shape index (κ1) is 20.9.